The molecular weight excluding hydrogens is 483 g/mol. The summed E-state index contributed by atoms with van der Waals surface area (Å²) in [5, 5.41) is 7.17. The van der Waals surface area contributed by atoms with Gasteiger partial charge in [0.15, 0.2) is 15.3 Å². The zero-order valence-corrected chi connectivity index (χ0v) is 18.5. The van der Waals surface area contributed by atoms with Crippen LogP contribution in [0.1, 0.15) is 27.2 Å². The Hall–Kier alpha value is -2.80. The van der Waals surface area contributed by atoms with Crippen LogP contribution in [0, 0.1) is 0 Å². The van der Waals surface area contributed by atoms with E-state index in [4.69, 9.17) is 11.6 Å². The van der Waals surface area contributed by atoms with Crippen molar-refractivity contribution in [3.05, 3.63) is 76.3 Å². The number of carbonyl (C=O) groups excluding carboxylic acids is 1. The van der Waals surface area contributed by atoms with Crippen LogP contribution < -0.4 is 5.32 Å². The fourth-order valence-corrected chi connectivity index (χ4v) is 4.94. The number of fused-ring (bicyclic) bond motifs is 1. The first-order valence-electron chi connectivity index (χ1n) is 9.66. The van der Waals surface area contributed by atoms with Gasteiger partial charge in [-0.1, -0.05) is 27.9 Å². The summed E-state index contributed by atoms with van der Waals surface area (Å²) < 4.78 is 67.7. The number of aromatic nitrogens is 3. The Bertz CT molecular complexity index is 1230. The summed E-state index contributed by atoms with van der Waals surface area (Å²) in [7, 11) is -4.23. The molecular formula is C20H17ClF3N5O3S. The van der Waals surface area contributed by atoms with E-state index in [2.05, 4.69) is 15.4 Å². The fraction of sp³-hybridized carbons (Fsp3) is 0.250. The molecule has 3 heterocycles. The molecule has 1 aliphatic heterocycles. The highest BCUT2D eigenvalue weighted by molar-refractivity contribution is 7.95. The summed E-state index contributed by atoms with van der Waals surface area (Å²) in [6, 6.07) is 6.87. The zero-order chi connectivity index (χ0) is 23.8. The molecule has 1 N–H and O–H groups in total. The minimum Gasteiger partial charge on any atom is -0.593 e. The number of halogens is 4. The molecule has 4 rings (SSSR count). The lowest BCUT2D eigenvalue weighted by molar-refractivity contribution is -0.137. The van der Waals surface area contributed by atoms with Gasteiger partial charge in [0, 0.05) is 18.8 Å². The lowest BCUT2D eigenvalue weighted by Crippen LogP contribution is -2.42. The summed E-state index contributed by atoms with van der Waals surface area (Å²) in [4.78, 5) is 16.2. The minimum absolute atomic E-state index is 0.00472. The Morgan fingerprint density at radius 3 is 2.70 bits per heavy atom. The molecule has 0 radical (unpaired) electrons. The molecule has 33 heavy (non-hydrogen) atoms. The molecule has 8 nitrogen and oxygen atoms in total. The highest BCUT2D eigenvalue weighted by atomic mass is 35.5. The van der Waals surface area contributed by atoms with Crippen LogP contribution in [0.4, 0.5) is 13.2 Å². The lowest BCUT2D eigenvalue weighted by atomic mass is 10.2. The monoisotopic (exact) mass is 499 g/mol. The Labute approximate surface area is 192 Å². The number of benzene rings is 1. The van der Waals surface area contributed by atoms with E-state index in [1.165, 1.54) is 17.1 Å². The summed E-state index contributed by atoms with van der Waals surface area (Å²) >= 11 is 5.74. The van der Waals surface area contributed by atoms with Crippen LogP contribution in [0.25, 0.3) is 0 Å². The number of rotatable bonds is 5. The molecule has 2 aromatic heterocycles. The summed E-state index contributed by atoms with van der Waals surface area (Å²) in [6.45, 7) is 0.121. The van der Waals surface area contributed by atoms with E-state index in [1.807, 2.05) is 0 Å². The van der Waals surface area contributed by atoms with Gasteiger partial charge in [-0.25, -0.2) is 4.98 Å². The van der Waals surface area contributed by atoms with Crippen LogP contribution in [0.2, 0.25) is 5.15 Å². The molecule has 13 heteroatoms. The molecule has 0 aliphatic carbocycles. The van der Waals surface area contributed by atoms with Crippen molar-refractivity contribution in [1.29, 1.82) is 0 Å². The second kappa shape index (κ2) is 8.86. The summed E-state index contributed by atoms with van der Waals surface area (Å²) in [6.07, 6.45) is -1.82. The van der Waals surface area contributed by atoms with Crippen molar-refractivity contribution < 1.29 is 26.7 Å². The minimum atomic E-state index is -4.67. The number of sulfonamides is 1. The average Bonchev–Trinajstić information content (AvgIpc) is 3.21. The number of hydrogen-bond donors (Lipinski definition) is 1. The number of amides is 1. The van der Waals surface area contributed by atoms with Gasteiger partial charge in [0.2, 0.25) is 0 Å². The van der Waals surface area contributed by atoms with E-state index >= 15 is 0 Å². The molecule has 1 unspecified atom stereocenters. The lowest BCUT2D eigenvalue weighted by Gasteiger charge is -2.31. The maximum Gasteiger partial charge on any atom is 0.416 e. The SMILES string of the molecule is O=C(NCc1ccc(Cl)nc1)c1cnn2c1CN([S+](=O)([O-])c1cccc(C(F)(F)F)c1)CC2. The predicted octanol–water partition coefficient (Wildman–Crippen LogP) is 3.30. The fourth-order valence-electron chi connectivity index (χ4n) is 3.39. The Morgan fingerprint density at radius 1 is 1.21 bits per heavy atom. The molecule has 0 fully saturated rings. The van der Waals surface area contributed by atoms with E-state index < -0.39 is 32.9 Å². The molecule has 0 saturated carbocycles. The van der Waals surface area contributed by atoms with Crippen molar-refractivity contribution in [2.24, 2.45) is 0 Å². The Morgan fingerprint density at radius 2 is 2.00 bits per heavy atom. The largest absolute Gasteiger partial charge is 0.593 e. The van der Waals surface area contributed by atoms with E-state index in [1.54, 1.807) is 12.1 Å². The van der Waals surface area contributed by atoms with E-state index in [-0.39, 0.29) is 31.7 Å². The van der Waals surface area contributed by atoms with Crippen LogP contribution in [-0.4, -0.2) is 36.1 Å². The highest BCUT2D eigenvalue weighted by Crippen LogP contribution is 2.33. The molecule has 0 spiro atoms. The zero-order valence-electron chi connectivity index (χ0n) is 16.9. The van der Waals surface area contributed by atoms with Crippen LogP contribution in [0.15, 0.2) is 53.7 Å². The van der Waals surface area contributed by atoms with Gasteiger partial charge in [-0.15, -0.1) is 4.31 Å². The normalized spacial score (nSPS) is 16.2. The molecule has 1 aliphatic rings. The topological polar surface area (TPSA) is 103 Å². The number of nitrogens with one attached hydrogen (secondary N) is 1. The maximum atomic E-state index is 13.0. The third kappa shape index (κ3) is 4.93. The van der Waals surface area contributed by atoms with Crippen molar-refractivity contribution in [1.82, 2.24) is 24.4 Å². The number of pyridine rings is 1. The van der Waals surface area contributed by atoms with E-state index in [0.29, 0.717) is 22.5 Å². The number of nitrogens with zero attached hydrogens (tertiary/aromatic N) is 4. The van der Waals surface area contributed by atoms with Crippen molar-refractivity contribution >= 4 is 27.9 Å². The van der Waals surface area contributed by atoms with E-state index in [0.717, 1.165) is 22.5 Å². The third-order valence-corrected chi connectivity index (χ3v) is 7.19. The number of alkyl halides is 3. The smallest absolute Gasteiger partial charge is 0.416 e. The van der Waals surface area contributed by atoms with Gasteiger partial charge in [-0.05, 0) is 23.8 Å². The van der Waals surface area contributed by atoms with Gasteiger partial charge >= 0.3 is 6.18 Å². The molecule has 0 bridgehead atoms. The average molecular weight is 500 g/mol. The van der Waals surface area contributed by atoms with Gasteiger partial charge in [0.1, 0.15) is 5.15 Å². The summed E-state index contributed by atoms with van der Waals surface area (Å²) in [5.74, 6) is -0.468. The predicted molar refractivity (Wildman–Crippen MR) is 112 cm³/mol. The van der Waals surface area contributed by atoms with Gasteiger partial charge in [0.25, 0.3) is 5.91 Å². The highest BCUT2D eigenvalue weighted by Gasteiger charge is 2.38. The molecule has 0 saturated heterocycles. The first-order valence-corrected chi connectivity index (χ1v) is 11.5. The molecule has 174 valence electrons. The van der Waals surface area contributed by atoms with Crippen LogP contribution in [-0.2, 0) is 40.4 Å². The number of carbonyl (C=O) groups is 1. The van der Waals surface area contributed by atoms with Crippen molar-refractivity contribution in [2.75, 3.05) is 6.54 Å². The second-order valence-corrected chi connectivity index (χ2v) is 9.59. The first kappa shape index (κ1) is 23.4. The molecule has 1 aromatic carbocycles. The standard InChI is InChI=1S/C20H17ClF3N5O3S/c21-18-5-4-13(9-25-18)10-26-19(30)16-11-27-29-7-6-28(12-17(16)29)33(31,32)15-3-1-2-14(8-15)20(22,23)24/h1-5,8-9,11H,6-7,10,12H2,(H-,26,30,31,32). The quantitative estimate of drug-likeness (QED) is 0.428. The maximum absolute atomic E-state index is 13.0. The Kier molecular flexibility index (Phi) is 6.27. The van der Waals surface area contributed by atoms with Crippen LogP contribution in [0.5, 0.6) is 0 Å². The van der Waals surface area contributed by atoms with Gasteiger partial charge in [-0.2, -0.15) is 18.3 Å². The van der Waals surface area contributed by atoms with Crippen molar-refractivity contribution in [3.8, 4) is 0 Å². The van der Waals surface area contributed by atoms with Gasteiger partial charge < -0.3 is 9.87 Å². The second-order valence-electron chi connectivity index (χ2n) is 7.26. The van der Waals surface area contributed by atoms with Crippen molar-refractivity contribution in [3.63, 3.8) is 0 Å². The van der Waals surface area contributed by atoms with Crippen LogP contribution in [0.3, 0.4) is 0 Å². The number of hydrogen-bond acceptors (Lipinski definition) is 5. The third-order valence-electron chi connectivity index (χ3n) is 5.12. The van der Waals surface area contributed by atoms with E-state index in [9.17, 15) is 26.7 Å². The molecule has 1 atom stereocenters. The first-order chi connectivity index (χ1) is 15.6. The van der Waals surface area contributed by atoms with Crippen molar-refractivity contribution in [2.45, 2.75) is 30.7 Å². The Balaban J connectivity index is 1.52. The molecule has 3 aromatic rings. The summed E-state index contributed by atoms with van der Waals surface area (Å²) in [5.41, 5.74) is 0.189. The van der Waals surface area contributed by atoms with Crippen LogP contribution >= 0.6 is 11.6 Å². The molecule has 1 amide bonds. The van der Waals surface area contributed by atoms with Gasteiger partial charge in [0.05, 0.1) is 42.7 Å². The van der Waals surface area contributed by atoms with Gasteiger partial charge in [-0.3, -0.25) is 9.48 Å².